The lowest BCUT2D eigenvalue weighted by Crippen LogP contribution is -2.14. The van der Waals surface area contributed by atoms with Crippen molar-refractivity contribution in [3.05, 3.63) is 53.0 Å². The minimum atomic E-state index is -3.65. The number of ether oxygens (including phenoxy) is 1. The van der Waals surface area contributed by atoms with E-state index in [4.69, 9.17) is 4.74 Å². The molecule has 0 aromatic heterocycles. The summed E-state index contributed by atoms with van der Waals surface area (Å²) in [7, 11) is -2.16. The highest BCUT2D eigenvalue weighted by molar-refractivity contribution is 9.10. The van der Waals surface area contributed by atoms with Crippen molar-refractivity contribution < 1.29 is 13.2 Å². The van der Waals surface area contributed by atoms with Crippen molar-refractivity contribution in [3.8, 4) is 5.75 Å². The second kappa shape index (κ2) is 5.63. The fraction of sp³-hybridized carbons (Fsp3) is 0.0769. The van der Waals surface area contributed by atoms with Crippen LogP contribution in [0.5, 0.6) is 5.75 Å². The van der Waals surface area contributed by atoms with E-state index in [1.165, 1.54) is 13.2 Å². The summed E-state index contributed by atoms with van der Waals surface area (Å²) in [5.74, 6) is 0.470. The van der Waals surface area contributed by atoms with Crippen LogP contribution in [-0.2, 0) is 10.0 Å². The van der Waals surface area contributed by atoms with Crippen LogP contribution < -0.4 is 9.46 Å². The van der Waals surface area contributed by atoms with Crippen LogP contribution in [0.25, 0.3) is 0 Å². The predicted molar refractivity (Wildman–Crippen MR) is 77.9 cm³/mol. The summed E-state index contributed by atoms with van der Waals surface area (Å²) >= 11 is 3.23. The Hall–Kier alpha value is -1.53. The molecule has 0 aliphatic rings. The molecule has 6 heteroatoms. The molecule has 0 unspecified atom stereocenters. The maximum absolute atomic E-state index is 12.3. The summed E-state index contributed by atoms with van der Waals surface area (Å²) in [6.07, 6.45) is 0. The molecule has 0 saturated heterocycles. The largest absolute Gasteiger partial charge is 0.495 e. The summed E-state index contributed by atoms with van der Waals surface area (Å²) in [4.78, 5) is 0.181. The number of halogens is 1. The molecule has 0 spiro atoms. The summed E-state index contributed by atoms with van der Waals surface area (Å²) in [5, 5.41) is 0. The maximum atomic E-state index is 12.3. The number of methoxy groups -OCH3 is 1. The number of nitrogens with one attached hydrogen (secondary N) is 1. The maximum Gasteiger partial charge on any atom is 0.263 e. The highest BCUT2D eigenvalue weighted by atomic mass is 79.9. The number of hydrogen-bond acceptors (Lipinski definition) is 3. The molecular weight excluding hydrogens is 330 g/mol. The molecule has 0 aliphatic carbocycles. The van der Waals surface area contributed by atoms with E-state index in [9.17, 15) is 8.42 Å². The molecule has 0 fully saturated rings. The van der Waals surface area contributed by atoms with Gasteiger partial charge in [-0.15, -0.1) is 0 Å². The summed E-state index contributed by atoms with van der Waals surface area (Å²) in [5.41, 5.74) is 0.403. The molecule has 19 heavy (non-hydrogen) atoms. The normalized spacial score (nSPS) is 11.1. The molecule has 100 valence electrons. The zero-order chi connectivity index (χ0) is 13.9. The number of hydrogen-bond donors (Lipinski definition) is 1. The number of sulfonamides is 1. The molecule has 2 aromatic carbocycles. The average molecular weight is 342 g/mol. The van der Waals surface area contributed by atoms with Crippen molar-refractivity contribution in [1.29, 1.82) is 0 Å². The van der Waals surface area contributed by atoms with Crippen LogP contribution in [0.1, 0.15) is 0 Å². The quantitative estimate of drug-likeness (QED) is 0.928. The van der Waals surface area contributed by atoms with Crippen LogP contribution in [0.3, 0.4) is 0 Å². The summed E-state index contributed by atoms with van der Waals surface area (Å²) in [6.45, 7) is 0. The third kappa shape index (κ3) is 3.08. The lowest BCUT2D eigenvalue weighted by Gasteiger charge is -2.12. The van der Waals surface area contributed by atoms with E-state index in [1.54, 1.807) is 42.5 Å². The van der Waals surface area contributed by atoms with E-state index in [0.29, 0.717) is 15.9 Å². The van der Waals surface area contributed by atoms with Gasteiger partial charge in [-0.2, -0.15) is 0 Å². The van der Waals surface area contributed by atoms with Crippen LogP contribution >= 0.6 is 15.9 Å². The van der Waals surface area contributed by atoms with E-state index in [0.717, 1.165) is 0 Å². The van der Waals surface area contributed by atoms with E-state index < -0.39 is 10.0 Å². The first-order chi connectivity index (χ1) is 9.04. The van der Waals surface area contributed by atoms with Gasteiger partial charge in [0.15, 0.2) is 0 Å². The van der Waals surface area contributed by atoms with Gasteiger partial charge in [0.25, 0.3) is 10.0 Å². The minimum absolute atomic E-state index is 0.181. The molecule has 0 radical (unpaired) electrons. The summed E-state index contributed by atoms with van der Waals surface area (Å²) in [6, 6.07) is 13.5. The van der Waals surface area contributed by atoms with Crippen LogP contribution in [0.15, 0.2) is 57.9 Å². The fourth-order valence-corrected chi connectivity index (χ4v) is 3.67. The van der Waals surface area contributed by atoms with Gasteiger partial charge in [-0.1, -0.05) is 24.3 Å². The second-order valence-corrected chi connectivity index (χ2v) is 6.24. The first-order valence-corrected chi connectivity index (χ1v) is 7.72. The van der Waals surface area contributed by atoms with Crippen LogP contribution in [0, 0.1) is 0 Å². The topological polar surface area (TPSA) is 55.4 Å². The molecule has 0 atom stereocenters. The number of anilines is 1. The number of rotatable bonds is 4. The highest BCUT2D eigenvalue weighted by Crippen LogP contribution is 2.28. The molecule has 2 rings (SSSR count). The van der Waals surface area contributed by atoms with Crippen LogP contribution in [0.4, 0.5) is 5.69 Å². The van der Waals surface area contributed by atoms with E-state index in [-0.39, 0.29) is 4.90 Å². The lowest BCUT2D eigenvalue weighted by molar-refractivity contribution is 0.417. The molecule has 4 nitrogen and oxygen atoms in total. The number of benzene rings is 2. The van der Waals surface area contributed by atoms with Gasteiger partial charge < -0.3 is 4.74 Å². The molecule has 0 heterocycles. The number of para-hydroxylation sites is 2. The monoisotopic (exact) mass is 341 g/mol. The Labute approximate surface area is 120 Å². The van der Waals surface area contributed by atoms with E-state index in [1.807, 2.05) is 0 Å². The van der Waals surface area contributed by atoms with Crippen LogP contribution in [-0.4, -0.2) is 15.5 Å². The van der Waals surface area contributed by atoms with Gasteiger partial charge in [0, 0.05) is 4.47 Å². The Bertz CT molecular complexity index is 686. The molecule has 2 aromatic rings. The van der Waals surface area contributed by atoms with E-state index >= 15 is 0 Å². The van der Waals surface area contributed by atoms with Crippen molar-refractivity contribution in [3.63, 3.8) is 0 Å². The average Bonchev–Trinajstić information content (AvgIpc) is 2.39. The molecular formula is C13H12BrNO3S. The standard InChI is InChI=1S/C13H12BrNO3S/c1-18-12-8-4-3-7-11(12)15-19(16,17)13-9-5-2-6-10(13)14/h2-9,15H,1H3. The van der Waals surface area contributed by atoms with Crippen molar-refractivity contribution in [2.75, 3.05) is 11.8 Å². The molecule has 0 saturated carbocycles. The third-order valence-electron chi connectivity index (χ3n) is 2.48. The zero-order valence-corrected chi connectivity index (χ0v) is 12.5. The predicted octanol–water partition coefficient (Wildman–Crippen LogP) is 3.26. The van der Waals surface area contributed by atoms with Gasteiger partial charge in [-0.25, -0.2) is 8.42 Å². The van der Waals surface area contributed by atoms with Gasteiger partial charge in [0.05, 0.1) is 12.8 Å². The first kappa shape index (κ1) is 13.9. The Kier molecular flexibility index (Phi) is 4.11. The van der Waals surface area contributed by atoms with Crippen molar-refractivity contribution in [2.45, 2.75) is 4.90 Å². The molecule has 1 N–H and O–H groups in total. The van der Waals surface area contributed by atoms with Gasteiger partial charge >= 0.3 is 0 Å². The smallest absolute Gasteiger partial charge is 0.263 e. The zero-order valence-electron chi connectivity index (χ0n) is 10.1. The molecule has 0 bridgehead atoms. The minimum Gasteiger partial charge on any atom is -0.495 e. The second-order valence-electron chi connectivity index (χ2n) is 3.74. The van der Waals surface area contributed by atoms with Crippen LogP contribution in [0.2, 0.25) is 0 Å². The molecule has 0 aliphatic heterocycles. The first-order valence-electron chi connectivity index (χ1n) is 5.45. The van der Waals surface area contributed by atoms with Gasteiger partial charge in [-0.3, -0.25) is 4.72 Å². The fourth-order valence-electron chi connectivity index (χ4n) is 1.59. The van der Waals surface area contributed by atoms with Gasteiger partial charge in [0.2, 0.25) is 0 Å². The molecule has 0 amide bonds. The Morgan fingerprint density at radius 1 is 1.05 bits per heavy atom. The van der Waals surface area contributed by atoms with Crippen molar-refractivity contribution >= 4 is 31.6 Å². The van der Waals surface area contributed by atoms with E-state index in [2.05, 4.69) is 20.7 Å². The van der Waals surface area contributed by atoms with Gasteiger partial charge in [0.1, 0.15) is 10.6 Å². The Morgan fingerprint density at radius 3 is 2.37 bits per heavy atom. The van der Waals surface area contributed by atoms with Gasteiger partial charge in [-0.05, 0) is 40.2 Å². The van der Waals surface area contributed by atoms with Crippen molar-refractivity contribution in [2.24, 2.45) is 0 Å². The lowest BCUT2D eigenvalue weighted by atomic mass is 10.3. The third-order valence-corrected chi connectivity index (χ3v) is 4.86. The Morgan fingerprint density at radius 2 is 1.68 bits per heavy atom. The van der Waals surface area contributed by atoms with Crippen molar-refractivity contribution in [1.82, 2.24) is 0 Å². The SMILES string of the molecule is COc1ccccc1NS(=O)(=O)c1ccccc1Br. The Balaban J connectivity index is 2.40. The summed E-state index contributed by atoms with van der Waals surface area (Å²) < 4.78 is 32.7. The highest BCUT2D eigenvalue weighted by Gasteiger charge is 2.18.